The van der Waals surface area contributed by atoms with Crippen molar-refractivity contribution < 1.29 is 0 Å². The van der Waals surface area contributed by atoms with E-state index in [-0.39, 0.29) is 0 Å². The zero-order valence-corrected chi connectivity index (χ0v) is 9.22. The molecule has 0 aliphatic carbocycles. The summed E-state index contributed by atoms with van der Waals surface area (Å²) in [5, 5.41) is 7.21. The maximum atomic E-state index is 3.72. The zero-order chi connectivity index (χ0) is 10.3. The Kier molecular flexibility index (Phi) is 2.17. The minimum atomic E-state index is 0.675. The summed E-state index contributed by atoms with van der Waals surface area (Å²) in [6.45, 7) is 4.53. The Morgan fingerprint density at radius 1 is 1.40 bits per heavy atom. The van der Waals surface area contributed by atoms with Crippen molar-refractivity contribution in [2.24, 2.45) is 0 Å². The lowest BCUT2D eigenvalue weighted by atomic mass is 9.90. The van der Waals surface area contributed by atoms with E-state index in [0.717, 1.165) is 19.5 Å². The van der Waals surface area contributed by atoms with Crippen molar-refractivity contribution >= 4 is 5.69 Å². The first-order valence-electron chi connectivity index (χ1n) is 5.99. The predicted molar refractivity (Wildman–Crippen MR) is 63.5 cm³/mol. The van der Waals surface area contributed by atoms with E-state index in [1.54, 1.807) is 0 Å². The zero-order valence-electron chi connectivity index (χ0n) is 9.22. The topological polar surface area (TPSA) is 24.1 Å². The van der Waals surface area contributed by atoms with Crippen LogP contribution in [0.4, 0.5) is 5.69 Å². The summed E-state index contributed by atoms with van der Waals surface area (Å²) in [6, 6.07) is 7.42. The van der Waals surface area contributed by atoms with E-state index in [9.17, 15) is 0 Å². The molecule has 1 aromatic carbocycles. The van der Waals surface area contributed by atoms with Gasteiger partial charge in [0.15, 0.2) is 0 Å². The van der Waals surface area contributed by atoms with Gasteiger partial charge in [0.2, 0.25) is 0 Å². The number of benzene rings is 1. The number of para-hydroxylation sites is 1. The van der Waals surface area contributed by atoms with Crippen molar-refractivity contribution in [2.45, 2.75) is 31.7 Å². The molecule has 2 aliphatic heterocycles. The maximum Gasteiger partial charge on any atom is 0.0411 e. The number of hydrogen-bond donors (Lipinski definition) is 2. The number of piperidine rings is 1. The first-order valence-corrected chi connectivity index (χ1v) is 5.99. The van der Waals surface area contributed by atoms with Crippen molar-refractivity contribution in [1.82, 2.24) is 5.32 Å². The fraction of sp³-hybridized carbons (Fsp3) is 0.538. The highest BCUT2D eigenvalue weighted by molar-refractivity contribution is 5.64. The van der Waals surface area contributed by atoms with Crippen molar-refractivity contribution in [3.63, 3.8) is 0 Å². The van der Waals surface area contributed by atoms with Crippen molar-refractivity contribution in [3.8, 4) is 0 Å². The standard InChI is InChI=1S/C13H18N2/c1-2-9-4-3-5-10-11-8-14-7-6-12(11)15-13(9)10/h3-5,11-12,14-15H,2,6-8H2,1H3. The molecule has 80 valence electrons. The SMILES string of the molecule is CCc1cccc2c1NC1CCNCC21. The average molecular weight is 202 g/mol. The minimum Gasteiger partial charge on any atom is -0.381 e. The first kappa shape index (κ1) is 9.22. The Hall–Kier alpha value is -1.02. The van der Waals surface area contributed by atoms with Crippen LogP contribution < -0.4 is 10.6 Å². The molecule has 2 aliphatic rings. The van der Waals surface area contributed by atoms with E-state index in [1.807, 2.05) is 0 Å². The van der Waals surface area contributed by atoms with Crippen LogP contribution in [-0.4, -0.2) is 19.1 Å². The molecule has 0 aromatic heterocycles. The lowest BCUT2D eigenvalue weighted by Crippen LogP contribution is -2.38. The third-order valence-electron chi connectivity index (χ3n) is 3.78. The van der Waals surface area contributed by atoms with Gasteiger partial charge in [0, 0.05) is 24.2 Å². The smallest absolute Gasteiger partial charge is 0.0411 e. The fourth-order valence-electron chi connectivity index (χ4n) is 2.94. The van der Waals surface area contributed by atoms with Gasteiger partial charge in [0.05, 0.1) is 0 Å². The summed E-state index contributed by atoms with van der Waals surface area (Å²) in [6.07, 6.45) is 2.38. The lowest BCUT2D eigenvalue weighted by molar-refractivity contribution is 0.440. The van der Waals surface area contributed by atoms with Crippen LogP contribution in [0.25, 0.3) is 0 Å². The highest BCUT2D eigenvalue weighted by atomic mass is 15.0. The molecule has 0 bridgehead atoms. The number of hydrogen-bond acceptors (Lipinski definition) is 2. The molecule has 1 aromatic rings. The molecule has 0 spiro atoms. The van der Waals surface area contributed by atoms with Gasteiger partial charge in [-0.1, -0.05) is 25.1 Å². The van der Waals surface area contributed by atoms with Crippen LogP contribution in [0.1, 0.15) is 30.4 Å². The van der Waals surface area contributed by atoms with Crippen LogP contribution in [0.15, 0.2) is 18.2 Å². The number of aryl methyl sites for hydroxylation is 1. The molecule has 0 amide bonds. The first-order chi connectivity index (χ1) is 7.40. The fourth-order valence-corrected chi connectivity index (χ4v) is 2.94. The van der Waals surface area contributed by atoms with Crippen molar-refractivity contribution in [3.05, 3.63) is 29.3 Å². The van der Waals surface area contributed by atoms with E-state index < -0.39 is 0 Å². The van der Waals surface area contributed by atoms with Crippen molar-refractivity contribution in [2.75, 3.05) is 18.4 Å². The van der Waals surface area contributed by atoms with Crippen LogP contribution in [0.2, 0.25) is 0 Å². The Balaban J connectivity index is 2.03. The van der Waals surface area contributed by atoms with Crippen LogP contribution in [-0.2, 0) is 6.42 Å². The monoisotopic (exact) mass is 202 g/mol. The van der Waals surface area contributed by atoms with Crippen LogP contribution >= 0.6 is 0 Å². The Bertz CT molecular complexity index is 373. The number of anilines is 1. The molecule has 15 heavy (non-hydrogen) atoms. The van der Waals surface area contributed by atoms with E-state index in [2.05, 4.69) is 35.8 Å². The molecular weight excluding hydrogens is 184 g/mol. The molecule has 2 N–H and O–H groups in total. The van der Waals surface area contributed by atoms with Crippen LogP contribution in [0.3, 0.4) is 0 Å². The van der Waals surface area contributed by atoms with Gasteiger partial charge >= 0.3 is 0 Å². The Morgan fingerprint density at radius 2 is 2.33 bits per heavy atom. The largest absolute Gasteiger partial charge is 0.381 e. The summed E-state index contributed by atoms with van der Waals surface area (Å²) in [5.74, 6) is 0.695. The molecule has 3 rings (SSSR count). The molecule has 0 radical (unpaired) electrons. The van der Waals surface area contributed by atoms with Gasteiger partial charge in [0.1, 0.15) is 0 Å². The van der Waals surface area contributed by atoms with Gasteiger partial charge in [-0.2, -0.15) is 0 Å². The summed E-state index contributed by atoms with van der Waals surface area (Å²) in [4.78, 5) is 0. The molecule has 1 saturated heterocycles. The second-order valence-electron chi connectivity index (χ2n) is 4.59. The van der Waals surface area contributed by atoms with E-state index >= 15 is 0 Å². The highest BCUT2D eigenvalue weighted by Crippen LogP contribution is 2.40. The normalized spacial score (nSPS) is 28.1. The minimum absolute atomic E-state index is 0.675. The van der Waals surface area contributed by atoms with Gasteiger partial charge in [-0.15, -0.1) is 0 Å². The lowest BCUT2D eigenvalue weighted by Gasteiger charge is -2.26. The van der Waals surface area contributed by atoms with E-state index in [1.165, 1.54) is 23.2 Å². The molecule has 2 nitrogen and oxygen atoms in total. The van der Waals surface area contributed by atoms with Gasteiger partial charge in [-0.05, 0) is 30.5 Å². The summed E-state index contributed by atoms with van der Waals surface area (Å²) >= 11 is 0. The van der Waals surface area contributed by atoms with Gasteiger partial charge < -0.3 is 10.6 Å². The summed E-state index contributed by atoms with van der Waals surface area (Å²) in [7, 11) is 0. The molecule has 2 heteroatoms. The molecule has 1 fully saturated rings. The summed E-state index contributed by atoms with van der Waals surface area (Å²) in [5.41, 5.74) is 4.44. The third kappa shape index (κ3) is 1.36. The number of fused-ring (bicyclic) bond motifs is 3. The van der Waals surface area contributed by atoms with Gasteiger partial charge in [-0.3, -0.25) is 0 Å². The Labute approximate surface area is 91.1 Å². The Morgan fingerprint density at radius 3 is 3.20 bits per heavy atom. The molecule has 2 heterocycles. The molecule has 0 saturated carbocycles. The van der Waals surface area contributed by atoms with Gasteiger partial charge in [-0.25, -0.2) is 0 Å². The van der Waals surface area contributed by atoms with Crippen LogP contribution in [0, 0.1) is 0 Å². The summed E-state index contributed by atoms with van der Waals surface area (Å²) < 4.78 is 0. The van der Waals surface area contributed by atoms with Gasteiger partial charge in [0.25, 0.3) is 0 Å². The van der Waals surface area contributed by atoms with Crippen LogP contribution in [0.5, 0.6) is 0 Å². The second kappa shape index (κ2) is 3.53. The second-order valence-corrected chi connectivity index (χ2v) is 4.59. The van der Waals surface area contributed by atoms with Crippen molar-refractivity contribution in [1.29, 1.82) is 0 Å². The molecule has 2 atom stereocenters. The average Bonchev–Trinajstić information content (AvgIpc) is 2.67. The van der Waals surface area contributed by atoms with E-state index in [0.29, 0.717) is 12.0 Å². The van der Waals surface area contributed by atoms with E-state index in [4.69, 9.17) is 0 Å². The maximum absolute atomic E-state index is 3.72. The predicted octanol–water partition coefficient (Wildman–Crippen LogP) is 2.12. The quantitative estimate of drug-likeness (QED) is 0.729. The molecular formula is C13H18N2. The highest BCUT2D eigenvalue weighted by Gasteiger charge is 2.34. The number of nitrogens with one attached hydrogen (secondary N) is 2. The third-order valence-corrected chi connectivity index (χ3v) is 3.78. The molecule has 2 unspecified atom stereocenters. The number of rotatable bonds is 1.